The maximum atomic E-state index is 2.33. The highest BCUT2D eigenvalue weighted by atomic mass is 15.3. The maximum Gasteiger partial charge on any atom is 0.234 e. The Balaban J connectivity index is 2.68. The summed E-state index contributed by atoms with van der Waals surface area (Å²) < 4.78 is 2.33. The van der Waals surface area contributed by atoms with Gasteiger partial charge in [-0.2, -0.15) is 0 Å². The fraction of sp³-hybridized carbons (Fsp3) is 0.889. The first-order chi connectivity index (χ1) is 5.20. The summed E-state index contributed by atoms with van der Waals surface area (Å²) in [5.74, 6) is 0. The molecule has 0 N–H and O–H groups in total. The van der Waals surface area contributed by atoms with Gasteiger partial charge in [-0.05, 0) is 12.8 Å². The Morgan fingerprint density at radius 3 is 2.36 bits per heavy atom. The molecule has 1 rings (SSSR count). The lowest BCUT2D eigenvalue weighted by Crippen LogP contribution is -2.35. The van der Waals surface area contributed by atoms with Crippen LogP contribution in [-0.2, 0) is 0 Å². The lowest BCUT2D eigenvalue weighted by molar-refractivity contribution is -0.527. The van der Waals surface area contributed by atoms with Crippen LogP contribution < -0.4 is 0 Å². The molecule has 0 fully saturated rings. The van der Waals surface area contributed by atoms with E-state index in [1.165, 1.54) is 12.8 Å². The monoisotopic (exact) mass is 155 g/mol. The van der Waals surface area contributed by atoms with E-state index in [0.717, 1.165) is 12.1 Å². The van der Waals surface area contributed by atoms with Gasteiger partial charge in [0.2, 0.25) is 6.34 Å². The molecule has 1 heterocycles. The summed E-state index contributed by atoms with van der Waals surface area (Å²) in [6, 6.07) is 1.45. The molecule has 0 aliphatic carbocycles. The van der Waals surface area contributed by atoms with Crippen LogP contribution in [0, 0.1) is 0 Å². The largest absolute Gasteiger partial charge is 0.264 e. The van der Waals surface area contributed by atoms with E-state index in [0.29, 0.717) is 0 Å². The first kappa shape index (κ1) is 8.57. The van der Waals surface area contributed by atoms with Crippen molar-refractivity contribution in [1.29, 1.82) is 0 Å². The van der Waals surface area contributed by atoms with E-state index >= 15 is 0 Å². The average molecular weight is 155 g/mol. The number of rotatable bonds is 2. The number of hydrogen-bond acceptors (Lipinski definition) is 1. The van der Waals surface area contributed by atoms with Crippen LogP contribution in [0.15, 0.2) is 0 Å². The van der Waals surface area contributed by atoms with Crippen molar-refractivity contribution in [2.24, 2.45) is 0 Å². The summed E-state index contributed by atoms with van der Waals surface area (Å²) in [5.41, 5.74) is 0. The van der Waals surface area contributed by atoms with E-state index in [1.807, 2.05) is 0 Å². The van der Waals surface area contributed by atoms with Crippen LogP contribution in [0.3, 0.4) is 0 Å². The lowest BCUT2D eigenvalue weighted by atomic mass is 10.0. The van der Waals surface area contributed by atoms with Crippen LogP contribution in [0.2, 0.25) is 0 Å². The molecule has 2 unspecified atom stereocenters. The molecular weight excluding hydrogens is 136 g/mol. The molecule has 11 heavy (non-hydrogen) atoms. The molecule has 2 atom stereocenters. The zero-order valence-corrected chi connectivity index (χ0v) is 8.04. The molecule has 0 spiro atoms. The first-order valence-electron chi connectivity index (χ1n) is 4.49. The van der Waals surface area contributed by atoms with E-state index in [-0.39, 0.29) is 0 Å². The third-order valence-electron chi connectivity index (χ3n) is 2.69. The van der Waals surface area contributed by atoms with Gasteiger partial charge >= 0.3 is 0 Å². The summed E-state index contributed by atoms with van der Waals surface area (Å²) in [5, 5.41) is 0. The summed E-state index contributed by atoms with van der Waals surface area (Å²) >= 11 is 0. The summed E-state index contributed by atoms with van der Waals surface area (Å²) in [6.45, 7) is 4.52. The van der Waals surface area contributed by atoms with Crippen LogP contribution in [0.5, 0.6) is 0 Å². The van der Waals surface area contributed by atoms with Crippen LogP contribution >= 0.6 is 0 Å². The smallest absolute Gasteiger partial charge is 0.234 e. The molecular formula is C9H19N2+. The van der Waals surface area contributed by atoms with Crippen molar-refractivity contribution >= 4 is 6.34 Å². The third-order valence-corrected chi connectivity index (χ3v) is 2.69. The highest BCUT2D eigenvalue weighted by Crippen LogP contribution is 2.16. The molecule has 64 valence electrons. The summed E-state index contributed by atoms with van der Waals surface area (Å²) in [7, 11) is 4.33. The standard InChI is InChI=1S/C9H19N2/c1-5-8-9(6-2)11(4)7-10(8)3/h7-9H,5-6H2,1-4H3/q+1. The topological polar surface area (TPSA) is 6.25 Å². The van der Waals surface area contributed by atoms with E-state index in [2.05, 4.69) is 43.8 Å². The van der Waals surface area contributed by atoms with Crippen molar-refractivity contribution in [2.75, 3.05) is 14.1 Å². The SMILES string of the molecule is CCC1C(CC)[N+](C)=CN1C. The third kappa shape index (κ3) is 1.39. The van der Waals surface area contributed by atoms with Gasteiger partial charge in [-0.15, -0.1) is 0 Å². The van der Waals surface area contributed by atoms with Gasteiger partial charge in [-0.1, -0.05) is 13.8 Å². The van der Waals surface area contributed by atoms with Gasteiger partial charge in [0.15, 0.2) is 0 Å². The molecule has 1 aliphatic heterocycles. The van der Waals surface area contributed by atoms with Crippen molar-refractivity contribution < 1.29 is 4.58 Å². The second kappa shape index (κ2) is 3.24. The molecule has 0 bridgehead atoms. The Hall–Kier alpha value is -0.530. The van der Waals surface area contributed by atoms with Crippen molar-refractivity contribution in [1.82, 2.24) is 4.90 Å². The quantitative estimate of drug-likeness (QED) is 0.542. The zero-order valence-electron chi connectivity index (χ0n) is 8.04. The molecule has 1 aliphatic rings. The van der Waals surface area contributed by atoms with E-state index in [1.54, 1.807) is 0 Å². The molecule has 2 nitrogen and oxygen atoms in total. The molecule has 0 saturated carbocycles. The fourth-order valence-electron chi connectivity index (χ4n) is 2.12. The van der Waals surface area contributed by atoms with Crippen LogP contribution in [0.4, 0.5) is 0 Å². The predicted octanol–water partition coefficient (Wildman–Crippen LogP) is 1.16. The predicted molar refractivity (Wildman–Crippen MR) is 48.2 cm³/mol. The van der Waals surface area contributed by atoms with Gasteiger partial charge in [0.25, 0.3) is 0 Å². The Morgan fingerprint density at radius 1 is 1.36 bits per heavy atom. The zero-order chi connectivity index (χ0) is 8.43. The number of likely N-dealkylation sites (N-methyl/N-ethyl adjacent to an activating group) is 2. The summed E-state index contributed by atoms with van der Waals surface area (Å²) in [4.78, 5) is 2.33. The minimum absolute atomic E-state index is 0.727. The fourth-order valence-corrected chi connectivity index (χ4v) is 2.12. The van der Waals surface area contributed by atoms with Gasteiger partial charge in [0, 0.05) is 0 Å². The average Bonchev–Trinajstić information content (AvgIpc) is 2.24. The second-order valence-corrected chi connectivity index (χ2v) is 3.40. The maximum absolute atomic E-state index is 2.33. The van der Waals surface area contributed by atoms with Crippen LogP contribution in [0.1, 0.15) is 26.7 Å². The second-order valence-electron chi connectivity index (χ2n) is 3.40. The van der Waals surface area contributed by atoms with E-state index in [9.17, 15) is 0 Å². The van der Waals surface area contributed by atoms with Crippen molar-refractivity contribution in [3.8, 4) is 0 Å². The van der Waals surface area contributed by atoms with Crippen molar-refractivity contribution in [3.05, 3.63) is 0 Å². The lowest BCUT2D eigenvalue weighted by Gasteiger charge is -2.17. The Bertz CT molecular complexity index is 163. The molecule has 2 heteroatoms. The number of hydrogen-bond donors (Lipinski definition) is 0. The number of nitrogens with zero attached hydrogens (tertiary/aromatic N) is 2. The molecule has 0 aromatic heterocycles. The minimum atomic E-state index is 0.727. The van der Waals surface area contributed by atoms with Crippen LogP contribution in [-0.4, -0.2) is 42.0 Å². The highest BCUT2D eigenvalue weighted by Gasteiger charge is 2.34. The molecule has 0 aromatic carbocycles. The molecule has 0 radical (unpaired) electrons. The highest BCUT2D eigenvalue weighted by molar-refractivity contribution is 5.51. The normalized spacial score (nSPS) is 30.9. The van der Waals surface area contributed by atoms with E-state index in [4.69, 9.17) is 0 Å². The Kier molecular flexibility index (Phi) is 2.53. The minimum Gasteiger partial charge on any atom is -0.264 e. The van der Waals surface area contributed by atoms with Gasteiger partial charge in [-0.3, -0.25) is 9.48 Å². The molecule has 0 amide bonds. The van der Waals surface area contributed by atoms with Crippen molar-refractivity contribution in [2.45, 2.75) is 38.8 Å². The Labute approximate surface area is 69.5 Å². The van der Waals surface area contributed by atoms with Crippen LogP contribution in [0.25, 0.3) is 0 Å². The van der Waals surface area contributed by atoms with Crippen molar-refractivity contribution in [3.63, 3.8) is 0 Å². The molecule has 0 aromatic rings. The Morgan fingerprint density at radius 2 is 2.00 bits per heavy atom. The first-order valence-corrected chi connectivity index (χ1v) is 4.49. The summed E-state index contributed by atoms with van der Waals surface area (Å²) in [6.07, 6.45) is 4.70. The van der Waals surface area contributed by atoms with Gasteiger partial charge in [0.05, 0.1) is 14.1 Å². The van der Waals surface area contributed by atoms with Gasteiger partial charge < -0.3 is 0 Å². The van der Waals surface area contributed by atoms with Gasteiger partial charge in [0.1, 0.15) is 12.1 Å². The van der Waals surface area contributed by atoms with E-state index < -0.39 is 0 Å². The van der Waals surface area contributed by atoms with Gasteiger partial charge in [-0.25, -0.2) is 0 Å². The molecule has 0 saturated heterocycles.